The van der Waals surface area contributed by atoms with Gasteiger partial charge in [-0.1, -0.05) is 18.2 Å². The largest absolute Gasteiger partial charge is 0.493 e. The van der Waals surface area contributed by atoms with E-state index in [9.17, 15) is 9.90 Å². The van der Waals surface area contributed by atoms with Crippen LogP contribution in [0.15, 0.2) is 30.3 Å². The molecule has 1 atom stereocenters. The van der Waals surface area contributed by atoms with Gasteiger partial charge in [-0.3, -0.25) is 4.79 Å². The molecule has 130 valence electrons. The third-order valence-electron chi connectivity index (χ3n) is 4.64. The van der Waals surface area contributed by atoms with Crippen LogP contribution in [0.5, 0.6) is 23.0 Å². The lowest BCUT2D eigenvalue weighted by molar-refractivity contribution is -0.132. The summed E-state index contributed by atoms with van der Waals surface area (Å²) < 4.78 is 21.8. The van der Waals surface area contributed by atoms with Gasteiger partial charge in [-0.2, -0.15) is 0 Å². The van der Waals surface area contributed by atoms with Crippen LogP contribution in [0.1, 0.15) is 11.1 Å². The van der Waals surface area contributed by atoms with Gasteiger partial charge >= 0.3 is 0 Å². The van der Waals surface area contributed by atoms with Gasteiger partial charge in [0, 0.05) is 18.7 Å². The fraction of sp³-hybridized carbons (Fsp3) is 0.278. The summed E-state index contributed by atoms with van der Waals surface area (Å²) in [4.78, 5) is 14.4. The summed E-state index contributed by atoms with van der Waals surface area (Å²) in [6.45, 7) is -0.0135. The number of methoxy groups -OCH3 is 2. The molecule has 0 bridgehead atoms. The van der Waals surface area contributed by atoms with E-state index in [-0.39, 0.29) is 23.9 Å². The molecule has 1 N–H and O–H groups in total. The first-order chi connectivity index (χ1) is 12.0. The van der Waals surface area contributed by atoms with E-state index in [2.05, 4.69) is 0 Å². The van der Waals surface area contributed by atoms with Crippen molar-refractivity contribution in [1.82, 2.24) is 0 Å². The summed E-state index contributed by atoms with van der Waals surface area (Å²) in [5.74, 6) is 0.736. The zero-order valence-corrected chi connectivity index (χ0v) is 14.0. The van der Waals surface area contributed by atoms with Crippen LogP contribution in [0.2, 0.25) is 0 Å². The molecule has 0 radical (unpaired) electrons. The number of amides is 1. The topological polar surface area (TPSA) is 77.5 Å². The van der Waals surface area contributed by atoms with E-state index in [1.165, 1.54) is 19.1 Å². The molecule has 0 saturated heterocycles. The van der Waals surface area contributed by atoms with E-state index in [1.54, 1.807) is 37.4 Å². The highest BCUT2D eigenvalue weighted by Crippen LogP contribution is 2.56. The minimum absolute atomic E-state index is 0.0135. The molecule has 25 heavy (non-hydrogen) atoms. The molecule has 2 aliphatic rings. The maximum Gasteiger partial charge on any atom is 0.268 e. The third kappa shape index (κ3) is 1.87. The van der Waals surface area contributed by atoms with Gasteiger partial charge in [0.05, 0.1) is 25.5 Å². The van der Waals surface area contributed by atoms with Gasteiger partial charge in [0.1, 0.15) is 0 Å². The molecule has 1 amide bonds. The number of anilines is 1. The molecule has 2 aromatic carbocycles. The van der Waals surface area contributed by atoms with Crippen molar-refractivity contribution in [2.75, 3.05) is 33.0 Å². The Morgan fingerprint density at radius 1 is 1.20 bits per heavy atom. The number of hydrogen-bond acceptors (Lipinski definition) is 6. The second kappa shape index (κ2) is 5.29. The quantitative estimate of drug-likeness (QED) is 0.913. The number of benzene rings is 2. The zero-order valence-electron chi connectivity index (χ0n) is 14.0. The first-order valence-corrected chi connectivity index (χ1v) is 7.69. The van der Waals surface area contributed by atoms with Crippen LogP contribution < -0.4 is 23.8 Å². The molecule has 0 aromatic heterocycles. The van der Waals surface area contributed by atoms with E-state index >= 15 is 0 Å². The predicted octanol–water partition coefficient (Wildman–Crippen LogP) is 1.64. The summed E-state index contributed by atoms with van der Waals surface area (Å²) >= 11 is 0. The Morgan fingerprint density at radius 3 is 2.68 bits per heavy atom. The molecule has 2 heterocycles. The van der Waals surface area contributed by atoms with E-state index < -0.39 is 11.5 Å². The third-order valence-corrected chi connectivity index (χ3v) is 4.64. The number of ether oxygens (including phenoxy) is 4. The smallest absolute Gasteiger partial charge is 0.268 e. The Hall–Kier alpha value is -2.93. The highest BCUT2D eigenvalue weighted by Gasteiger charge is 2.54. The van der Waals surface area contributed by atoms with Crippen molar-refractivity contribution in [1.29, 1.82) is 0 Å². The Labute approximate surface area is 144 Å². The van der Waals surface area contributed by atoms with Gasteiger partial charge < -0.3 is 29.0 Å². The Morgan fingerprint density at radius 2 is 1.96 bits per heavy atom. The summed E-state index contributed by atoms with van der Waals surface area (Å²) in [6, 6.07) is 8.66. The first-order valence-electron chi connectivity index (χ1n) is 7.69. The van der Waals surface area contributed by atoms with Crippen LogP contribution in [-0.2, 0) is 10.4 Å². The number of nitrogens with zero attached hydrogens (tertiary/aromatic N) is 1. The molecule has 0 aliphatic carbocycles. The maximum atomic E-state index is 13.0. The van der Waals surface area contributed by atoms with Gasteiger partial charge in [-0.05, 0) is 6.07 Å². The number of carbonyl (C=O) groups is 1. The standard InChI is InChI=1S/C18H17NO6/c1-19-11-7-5-4-6-10(11)18(21,17(19)20)14-15(23-3)12(22-2)8-13-16(14)25-9-24-13/h4-8,21H,9H2,1-3H3/t18-/m1/s1. The summed E-state index contributed by atoms with van der Waals surface area (Å²) in [5, 5.41) is 11.6. The molecule has 7 nitrogen and oxygen atoms in total. The van der Waals surface area contributed by atoms with Gasteiger partial charge in [-0.25, -0.2) is 0 Å². The number of para-hydroxylation sites is 1. The summed E-state index contributed by atoms with van der Waals surface area (Å²) in [5.41, 5.74) is -0.717. The SMILES string of the molecule is COc1cc2c(c([C@@]3(O)C(=O)N(C)c4ccccc43)c1OC)OCO2. The van der Waals surface area contributed by atoms with E-state index in [4.69, 9.17) is 18.9 Å². The molecule has 0 saturated carbocycles. The van der Waals surface area contributed by atoms with Crippen molar-refractivity contribution in [2.45, 2.75) is 5.60 Å². The number of hydrogen-bond donors (Lipinski definition) is 1. The minimum Gasteiger partial charge on any atom is -0.493 e. The molecule has 0 fully saturated rings. The van der Waals surface area contributed by atoms with Gasteiger partial charge in [0.2, 0.25) is 12.4 Å². The highest BCUT2D eigenvalue weighted by atomic mass is 16.7. The number of aliphatic hydroxyl groups is 1. The summed E-state index contributed by atoms with van der Waals surface area (Å²) in [6.07, 6.45) is 0. The van der Waals surface area contributed by atoms with Crippen LogP contribution in [0.3, 0.4) is 0 Å². The second-order valence-corrected chi connectivity index (χ2v) is 5.81. The highest BCUT2D eigenvalue weighted by molar-refractivity contribution is 6.09. The molecule has 0 unspecified atom stereocenters. The summed E-state index contributed by atoms with van der Waals surface area (Å²) in [7, 11) is 4.54. The average molecular weight is 343 g/mol. The molecule has 0 spiro atoms. The van der Waals surface area contributed by atoms with Crippen molar-refractivity contribution in [3.8, 4) is 23.0 Å². The van der Waals surface area contributed by atoms with Gasteiger partial charge in [0.25, 0.3) is 5.91 Å². The molecular formula is C18H17NO6. The van der Waals surface area contributed by atoms with Crippen LogP contribution in [0.25, 0.3) is 0 Å². The monoisotopic (exact) mass is 343 g/mol. The fourth-order valence-electron chi connectivity index (χ4n) is 3.47. The zero-order chi connectivity index (χ0) is 17.8. The van der Waals surface area contributed by atoms with Crippen molar-refractivity contribution in [3.05, 3.63) is 41.5 Å². The molecule has 7 heteroatoms. The van der Waals surface area contributed by atoms with Crippen LogP contribution >= 0.6 is 0 Å². The fourth-order valence-corrected chi connectivity index (χ4v) is 3.47. The maximum absolute atomic E-state index is 13.0. The Balaban J connectivity index is 2.08. The first kappa shape index (κ1) is 15.6. The second-order valence-electron chi connectivity index (χ2n) is 5.81. The van der Waals surface area contributed by atoms with Crippen LogP contribution in [-0.4, -0.2) is 39.1 Å². The minimum atomic E-state index is -1.97. The van der Waals surface area contributed by atoms with Crippen molar-refractivity contribution in [3.63, 3.8) is 0 Å². The van der Waals surface area contributed by atoms with Crippen molar-refractivity contribution >= 4 is 11.6 Å². The normalized spacial score (nSPS) is 20.6. The van der Waals surface area contributed by atoms with Crippen molar-refractivity contribution in [2.24, 2.45) is 0 Å². The lowest BCUT2D eigenvalue weighted by atomic mass is 9.85. The molecular weight excluding hydrogens is 326 g/mol. The van der Waals surface area contributed by atoms with E-state index in [0.717, 1.165) is 0 Å². The van der Waals surface area contributed by atoms with E-state index in [1.807, 2.05) is 0 Å². The number of rotatable bonds is 3. The Kier molecular flexibility index (Phi) is 3.30. The van der Waals surface area contributed by atoms with Gasteiger partial charge in [-0.15, -0.1) is 0 Å². The average Bonchev–Trinajstić information content (AvgIpc) is 3.18. The Bertz CT molecular complexity index is 880. The molecule has 2 aliphatic heterocycles. The number of fused-ring (bicyclic) bond motifs is 2. The van der Waals surface area contributed by atoms with Gasteiger partial charge in [0.15, 0.2) is 23.0 Å². The van der Waals surface area contributed by atoms with Crippen molar-refractivity contribution < 1.29 is 28.8 Å². The van der Waals surface area contributed by atoms with Crippen LogP contribution in [0, 0.1) is 0 Å². The number of likely N-dealkylation sites (N-methyl/N-ethyl adjacent to an activating group) is 1. The van der Waals surface area contributed by atoms with Crippen LogP contribution in [0.4, 0.5) is 5.69 Å². The molecule has 2 aromatic rings. The molecule has 4 rings (SSSR count). The lowest BCUT2D eigenvalue weighted by Crippen LogP contribution is -2.40. The number of carbonyl (C=O) groups excluding carboxylic acids is 1. The lowest BCUT2D eigenvalue weighted by Gasteiger charge is -2.26. The van der Waals surface area contributed by atoms with E-state index in [0.29, 0.717) is 22.7 Å². The predicted molar refractivity (Wildman–Crippen MR) is 88.5 cm³/mol.